The van der Waals surface area contributed by atoms with Crippen molar-refractivity contribution < 1.29 is 12.8 Å². The monoisotopic (exact) mass is 345 g/mol. The molecule has 3 nitrogen and oxygen atoms in total. The van der Waals surface area contributed by atoms with Crippen LogP contribution < -0.4 is 4.72 Å². The molecule has 0 amide bonds. The van der Waals surface area contributed by atoms with Crippen LogP contribution in [0.2, 0.25) is 5.02 Å². The van der Waals surface area contributed by atoms with Crippen LogP contribution in [-0.2, 0) is 10.0 Å². The van der Waals surface area contributed by atoms with Crippen LogP contribution in [0.5, 0.6) is 0 Å². The summed E-state index contributed by atoms with van der Waals surface area (Å²) in [7, 11) is -3.81. The third kappa shape index (κ3) is 4.71. The first kappa shape index (κ1) is 16.3. The predicted octanol–water partition coefficient (Wildman–Crippen LogP) is 3.55. The molecule has 21 heavy (non-hydrogen) atoms. The molecule has 0 aromatic heterocycles. The lowest BCUT2D eigenvalue weighted by molar-refractivity contribution is 0.559. The summed E-state index contributed by atoms with van der Waals surface area (Å²) in [6.07, 6.45) is 0. The third-order valence-corrected chi connectivity index (χ3v) is 5.36. The van der Waals surface area contributed by atoms with Crippen LogP contribution in [0.3, 0.4) is 0 Å². The van der Waals surface area contributed by atoms with Gasteiger partial charge in [0.1, 0.15) is 10.7 Å². The number of benzene rings is 2. The molecule has 0 saturated heterocycles. The summed E-state index contributed by atoms with van der Waals surface area (Å²) in [5.41, 5.74) is 0. The molecule has 0 spiro atoms. The molecular weight excluding hydrogens is 333 g/mol. The van der Waals surface area contributed by atoms with Crippen molar-refractivity contribution in [3.63, 3.8) is 0 Å². The Morgan fingerprint density at radius 1 is 1.10 bits per heavy atom. The first-order valence-corrected chi connectivity index (χ1v) is 8.96. The molecular formula is C14H13ClFNO2S2. The van der Waals surface area contributed by atoms with Gasteiger partial charge >= 0.3 is 0 Å². The van der Waals surface area contributed by atoms with E-state index in [1.54, 1.807) is 12.1 Å². The molecule has 0 fully saturated rings. The van der Waals surface area contributed by atoms with E-state index in [4.69, 9.17) is 11.6 Å². The fourth-order valence-electron chi connectivity index (χ4n) is 1.62. The van der Waals surface area contributed by atoms with Crippen LogP contribution in [0.4, 0.5) is 4.39 Å². The van der Waals surface area contributed by atoms with Crippen molar-refractivity contribution >= 4 is 33.4 Å². The molecule has 0 aliphatic rings. The minimum atomic E-state index is -3.81. The number of hydrogen-bond acceptors (Lipinski definition) is 3. The Morgan fingerprint density at radius 2 is 1.76 bits per heavy atom. The maximum Gasteiger partial charge on any atom is 0.243 e. The molecule has 0 unspecified atom stereocenters. The Hall–Kier alpha value is -1.08. The summed E-state index contributed by atoms with van der Waals surface area (Å²) in [5.74, 6) is -0.217. The number of thioether (sulfide) groups is 1. The van der Waals surface area contributed by atoms with Gasteiger partial charge in [-0.2, -0.15) is 0 Å². The second-order valence-electron chi connectivity index (χ2n) is 4.13. The number of halogens is 2. The van der Waals surface area contributed by atoms with Crippen molar-refractivity contribution in [2.24, 2.45) is 0 Å². The van der Waals surface area contributed by atoms with Gasteiger partial charge in [-0.3, -0.25) is 0 Å². The van der Waals surface area contributed by atoms with Crippen molar-refractivity contribution in [3.05, 3.63) is 59.4 Å². The highest BCUT2D eigenvalue weighted by Gasteiger charge is 2.17. The molecule has 0 aliphatic heterocycles. The molecule has 2 rings (SSSR count). The maximum absolute atomic E-state index is 13.5. The minimum Gasteiger partial charge on any atom is -0.210 e. The largest absolute Gasteiger partial charge is 0.243 e. The normalized spacial score (nSPS) is 11.5. The summed E-state index contributed by atoms with van der Waals surface area (Å²) in [6, 6.07) is 12.6. The van der Waals surface area contributed by atoms with Gasteiger partial charge in [0.05, 0.1) is 0 Å². The number of hydrogen-bond donors (Lipinski definition) is 1. The van der Waals surface area contributed by atoms with E-state index in [1.165, 1.54) is 30.0 Å². The van der Waals surface area contributed by atoms with Gasteiger partial charge < -0.3 is 0 Å². The lowest BCUT2D eigenvalue weighted by Crippen LogP contribution is -2.26. The fourth-order valence-corrected chi connectivity index (χ4v) is 3.75. The average molecular weight is 346 g/mol. The summed E-state index contributed by atoms with van der Waals surface area (Å²) in [5, 5.41) is 0.652. The Bertz CT molecular complexity index is 705. The highest BCUT2D eigenvalue weighted by atomic mass is 35.5. The smallest absolute Gasteiger partial charge is 0.210 e. The van der Waals surface area contributed by atoms with E-state index in [2.05, 4.69) is 4.72 Å². The second kappa shape index (κ2) is 7.26. The van der Waals surface area contributed by atoms with Crippen LogP contribution in [0.25, 0.3) is 0 Å². The Labute approximate surface area is 132 Å². The standard InChI is InChI=1S/C14H13ClFNO2S2/c15-11-5-7-12(8-6-11)20-10-9-17-21(18,19)14-4-2-1-3-13(14)16/h1-8,17H,9-10H2. The predicted molar refractivity (Wildman–Crippen MR) is 83.8 cm³/mol. The van der Waals surface area contributed by atoms with Crippen molar-refractivity contribution in [2.75, 3.05) is 12.3 Å². The van der Waals surface area contributed by atoms with Gasteiger partial charge in [-0.25, -0.2) is 17.5 Å². The average Bonchev–Trinajstić information content (AvgIpc) is 2.46. The Balaban J connectivity index is 1.88. The van der Waals surface area contributed by atoms with E-state index in [0.29, 0.717) is 10.8 Å². The zero-order chi connectivity index (χ0) is 15.3. The third-order valence-electron chi connectivity index (χ3n) is 2.60. The SMILES string of the molecule is O=S(=O)(NCCSc1ccc(Cl)cc1)c1ccccc1F. The van der Waals surface area contributed by atoms with E-state index in [1.807, 2.05) is 12.1 Å². The van der Waals surface area contributed by atoms with Gasteiger partial charge in [0.15, 0.2) is 0 Å². The van der Waals surface area contributed by atoms with Crippen molar-refractivity contribution in [1.82, 2.24) is 4.72 Å². The van der Waals surface area contributed by atoms with Crippen LogP contribution in [0, 0.1) is 5.82 Å². The molecule has 2 aromatic carbocycles. The van der Waals surface area contributed by atoms with E-state index in [0.717, 1.165) is 11.0 Å². The summed E-state index contributed by atoms with van der Waals surface area (Å²) >= 11 is 7.27. The van der Waals surface area contributed by atoms with Gasteiger partial charge in [-0.1, -0.05) is 23.7 Å². The minimum absolute atomic E-state index is 0.212. The van der Waals surface area contributed by atoms with E-state index in [-0.39, 0.29) is 11.4 Å². The van der Waals surface area contributed by atoms with Gasteiger partial charge in [0.25, 0.3) is 0 Å². The molecule has 0 aliphatic carbocycles. The molecule has 0 bridgehead atoms. The fraction of sp³-hybridized carbons (Fsp3) is 0.143. The van der Waals surface area contributed by atoms with Crippen LogP contribution in [0.15, 0.2) is 58.3 Å². The summed E-state index contributed by atoms with van der Waals surface area (Å²) in [4.78, 5) is 0.658. The summed E-state index contributed by atoms with van der Waals surface area (Å²) in [6.45, 7) is 0.212. The highest BCUT2D eigenvalue weighted by Crippen LogP contribution is 2.20. The number of sulfonamides is 1. The van der Waals surface area contributed by atoms with Crippen LogP contribution >= 0.6 is 23.4 Å². The van der Waals surface area contributed by atoms with Gasteiger partial charge in [0.2, 0.25) is 10.0 Å². The lowest BCUT2D eigenvalue weighted by Gasteiger charge is -2.07. The molecule has 0 saturated carbocycles. The number of nitrogens with one attached hydrogen (secondary N) is 1. The quantitative estimate of drug-likeness (QED) is 0.643. The van der Waals surface area contributed by atoms with Crippen LogP contribution in [0.1, 0.15) is 0 Å². The van der Waals surface area contributed by atoms with Crippen LogP contribution in [-0.4, -0.2) is 20.7 Å². The zero-order valence-corrected chi connectivity index (χ0v) is 13.3. The molecule has 2 aromatic rings. The first-order chi connectivity index (χ1) is 9.99. The van der Waals surface area contributed by atoms with Crippen molar-refractivity contribution in [3.8, 4) is 0 Å². The molecule has 0 heterocycles. The summed E-state index contributed by atoms with van der Waals surface area (Å²) < 4.78 is 39.7. The van der Waals surface area contributed by atoms with E-state index in [9.17, 15) is 12.8 Å². The molecule has 7 heteroatoms. The first-order valence-electron chi connectivity index (χ1n) is 6.11. The molecule has 1 N–H and O–H groups in total. The molecule has 0 radical (unpaired) electrons. The zero-order valence-electron chi connectivity index (χ0n) is 10.9. The Kier molecular flexibility index (Phi) is 5.64. The van der Waals surface area contributed by atoms with Crippen molar-refractivity contribution in [2.45, 2.75) is 9.79 Å². The second-order valence-corrected chi connectivity index (χ2v) is 7.47. The highest BCUT2D eigenvalue weighted by molar-refractivity contribution is 7.99. The lowest BCUT2D eigenvalue weighted by atomic mass is 10.4. The number of rotatable bonds is 6. The Morgan fingerprint density at radius 3 is 2.43 bits per heavy atom. The molecule has 0 atom stereocenters. The van der Waals surface area contributed by atoms with Gasteiger partial charge in [0, 0.05) is 22.2 Å². The maximum atomic E-state index is 13.5. The van der Waals surface area contributed by atoms with Gasteiger partial charge in [-0.15, -0.1) is 11.8 Å². The van der Waals surface area contributed by atoms with Crippen molar-refractivity contribution in [1.29, 1.82) is 0 Å². The topological polar surface area (TPSA) is 46.2 Å². The van der Waals surface area contributed by atoms with Gasteiger partial charge in [-0.05, 0) is 36.4 Å². The molecule has 112 valence electrons. The van der Waals surface area contributed by atoms with E-state index >= 15 is 0 Å². The van der Waals surface area contributed by atoms with E-state index < -0.39 is 15.8 Å².